The lowest BCUT2D eigenvalue weighted by Gasteiger charge is -2.25. The van der Waals surface area contributed by atoms with E-state index in [9.17, 15) is 13.0 Å². The van der Waals surface area contributed by atoms with Gasteiger partial charge in [0.05, 0.1) is 23.4 Å². The minimum atomic E-state index is -4.02. The second-order valence-corrected chi connectivity index (χ2v) is 18.0. The Morgan fingerprint density at radius 2 is 1.67 bits per heavy atom. The zero-order valence-corrected chi connectivity index (χ0v) is 30.9. The maximum Gasteiger partial charge on any atom is 0.294 e. The molecule has 1 aromatic heterocycles. The van der Waals surface area contributed by atoms with Gasteiger partial charge in [-0.1, -0.05) is 41.4 Å². The summed E-state index contributed by atoms with van der Waals surface area (Å²) in [7, 11) is -4.95. The van der Waals surface area contributed by atoms with E-state index in [0.29, 0.717) is 35.1 Å². The molecular weight excluding hydrogens is 681 g/mol. The van der Waals surface area contributed by atoms with Crippen molar-refractivity contribution >= 4 is 57.3 Å². The van der Waals surface area contributed by atoms with Gasteiger partial charge in [-0.3, -0.25) is 4.55 Å². The Hall–Kier alpha value is -3.31. The van der Waals surface area contributed by atoms with Gasteiger partial charge >= 0.3 is 0 Å². The number of likely N-dealkylation sites (tertiary alicyclic amines) is 1. The van der Waals surface area contributed by atoms with Gasteiger partial charge in [-0.15, -0.1) is 0 Å². The van der Waals surface area contributed by atoms with E-state index >= 15 is 0 Å². The first-order chi connectivity index (χ1) is 23.3. The molecule has 3 aromatic carbocycles. The number of aryl methyl sites for hydroxylation is 3. The molecule has 1 fully saturated rings. The zero-order chi connectivity index (χ0) is 35.2. The molecule has 1 atom stereocenters. The zero-order valence-electron chi connectivity index (χ0n) is 28.4. The topological polar surface area (TPSA) is 134 Å². The Morgan fingerprint density at radius 3 is 2.33 bits per heavy atom. The molecule has 0 unspecified atom stereocenters. The fourth-order valence-corrected chi connectivity index (χ4v) is 8.11. The predicted molar refractivity (Wildman–Crippen MR) is 199 cm³/mol. The van der Waals surface area contributed by atoms with Crippen LogP contribution in [0.3, 0.4) is 0 Å². The van der Waals surface area contributed by atoms with Crippen molar-refractivity contribution in [3.8, 4) is 0 Å². The molecule has 0 saturated carbocycles. The standard InChI is InChI=1S/C29H37ClN5O2P.C7H8O3S/c1-37-19-20-6-13-26(27(16-20)38(2,3)36)33-28-25(30)18-31-29(34-28)32-23-10-7-21-8-11-24(12-9-22(21)17-23)35-14-4-5-15-35;1-6-2-4-7(5-3-6)11(8,9)10/h6-7,10,13,16-18,24H,4-5,8-9,11-12,14-15,19H2,1-3H3,(H2,31,32,33,34);2-5H,1H3,(H,8,9,10)/t24-;/m0./s1. The normalized spacial score (nSPS) is 16.7. The Balaban J connectivity index is 0.000000363. The summed E-state index contributed by atoms with van der Waals surface area (Å²) < 4.78 is 47.9. The number of hydrogen-bond acceptors (Lipinski definition) is 9. The third-order valence-electron chi connectivity index (χ3n) is 8.88. The Labute approximate surface area is 294 Å². The average molecular weight is 726 g/mol. The van der Waals surface area contributed by atoms with Gasteiger partial charge in [0.15, 0.2) is 5.82 Å². The number of rotatable bonds is 9. The molecule has 13 heteroatoms. The highest BCUT2D eigenvalue weighted by Gasteiger charge is 2.25. The van der Waals surface area contributed by atoms with Crippen LogP contribution in [0.1, 0.15) is 47.9 Å². The van der Waals surface area contributed by atoms with E-state index in [1.165, 1.54) is 62.0 Å². The van der Waals surface area contributed by atoms with Gasteiger partial charge < -0.3 is 24.8 Å². The van der Waals surface area contributed by atoms with Crippen molar-refractivity contribution in [2.75, 3.05) is 44.2 Å². The fourth-order valence-electron chi connectivity index (χ4n) is 6.31. The molecule has 6 rings (SSSR count). The third-order valence-corrected chi connectivity index (χ3v) is 11.6. The van der Waals surface area contributed by atoms with Gasteiger partial charge in [0.2, 0.25) is 5.95 Å². The van der Waals surface area contributed by atoms with Gasteiger partial charge in [-0.2, -0.15) is 13.4 Å². The molecule has 2 aliphatic rings. The first kappa shape index (κ1) is 37.0. The lowest BCUT2D eigenvalue weighted by Crippen LogP contribution is -2.32. The maximum atomic E-state index is 13.1. The highest BCUT2D eigenvalue weighted by atomic mass is 35.5. The summed E-state index contributed by atoms with van der Waals surface area (Å²) >= 11 is 6.47. The van der Waals surface area contributed by atoms with Crippen LogP contribution in [0.25, 0.3) is 0 Å². The summed E-state index contributed by atoms with van der Waals surface area (Å²) in [6.45, 7) is 8.31. The highest BCUT2D eigenvalue weighted by molar-refractivity contribution is 7.85. The van der Waals surface area contributed by atoms with Crippen molar-refractivity contribution < 1.29 is 22.3 Å². The van der Waals surface area contributed by atoms with Crippen molar-refractivity contribution in [3.05, 3.63) is 94.1 Å². The van der Waals surface area contributed by atoms with Crippen LogP contribution in [0.5, 0.6) is 0 Å². The lowest BCUT2D eigenvalue weighted by molar-refractivity contribution is 0.185. The van der Waals surface area contributed by atoms with Gasteiger partial charge in [0, 0.05) is 24.1 Å². The van der Waals surface area contributed by atoms with Crippen LogP contribution < -0.4 is 15.9 Å². The molecule has 1 saturated heterocycles. The van der Waals surface area contributed by atoms with Crippen molar-refractivity contribution in [2.45, 2.75) is 63.0 Å². The molecule has 1 aliphatic carbocycles. The maximum absolute atomic E-state index is 13.1. The molecule has 1 aliphatic heterocycles. The minimum absolute atomic E-state index is 0.0666. The molecule has 0 amide bonds. The van der Waals surface area contributed by atoms with Crippen molar-refractivity contribution in [2.24, 2.45) is 0 Å². The van der Waals surface area contributed by atoms with Crippen molar-refractivity contribution in [3.63, 3.8) is 0 Å². The van der Waals surface area contributed by atoms with E-state index in [0.717, 1.165) is 35.0 Å². The smallest absolute Gasteiger partial charge is 0.294 e. The molecule has 10 nitrogen and oxygen atoms in total. The minimum Gasteiger partial charge on any atom is -0.380 e. The molecule has 0 spiro atoms. The number of nitrogens with zero attached hydrogens (tertiary/aromatic N) is 3. The van der Waals surface area contributed by atoms with Crippen LogP contribution >= 0.6 is 18.7 Å². The summed E-state index contributed by atoms with van der Waals surface area (Å²) in [5.74, 6) is 0.913. The number of fused-ring (bicyclic) bond motifs is 1. The third kappa shape index (κ3) is 10.1. The fraction of sp³-hybridized carbons (Fsp3) is 0.389. The van der Waals surface area contributed by atoms with E-state index in [4.69, 9.17) is 20.9 Å². The summed E-state index contributed by atoms with van der Waals surface area (Å²) in [5.41, 5.74) is 6.45. The average Bonchev–Trinajstić information content (AvgIpc) is 3.50. The van der Waals surface area contributed by atoms with Crippen LogP contribution in [-0.4, -0.2) is 67.4 Å². The number of methoxy groups -OCH3 is 1. The van der Waals surface area contributed by atoms with Gasteiger partial charge in [-0.25, -0.2) is 4.98 Å². The Kier molecular flexibility index (Phi) is 12.2. The number of nitrogens with one attached hydrogen (secondary N) is 2. The van der Waals surface area contributed by atoms with E-state index in [1.807, 2.05) is 25.1 Å². The van der Waals surface area contributed by atoms with E-state index < -0.39 is 17.3 Å². The molecule has 4 aromatic rings. The summed E-state index contributed by atoms with van der Waals surface area (Å²) in [6, 6.07) is 19.0. The van der Waals surface area contributed by atoms with Crippen LogP contribution in [0.15, 0.2) is 71.8 Å². The summed E-state index contributed by atoms with van der Waals surface area (Å²) in [6.07, 6.45) is 8.94. The number of ether oxygens (including phenoxy) is 1. The molecule has 49 heavy (non-hydrogen) atoms. The molecular formula is C36H45ClN5O5PS. The summed E-state index contributed by atoms with van der Waals surface area (Å²) in [5, 5.41) is 7.77. The number of aromatic nitrogens is 2. The Morgan fingerprint density at radius 1 is 0.980 bits per heavy atom. The summed E-state index contributed by atoms with van der Waals surface area (Å²) in [4.78, 5) is 11.7. The van der Waals surface area contributed by atoms with Crippen LogP contribution in [-0.2, 0) is 38.9 Å². The lowest BCUT2D eigenvalue weighted by atomic mass is 10.0. The molecule has 2 heterocycles. The molecule has 0 radical (unpaired) electrons. The number of benzene rings is 3. The van der Waals surface area contributed by atoms with Crippen molar-refractivity contribution in [1.29, 1.82) is 0 Å². The van der Waals surface area contributed by atoms with Gasteiger partial charge in [0.1, 0.15) is 12.2 Å². The second kappa shape index (κ2) is 16.1. The highest BCUT2D eigenvalue weighted by Crippen LogP contribution is 2.39. The predicted octanol–water partition coefficient (Wildman–Crippen LogP) is 7.60. The van der Waals surface area contributed by atoms with Crippen LogP contribution in [0.4, 0.5) is 23.1 Å². The SMILES string of the molecule is COCc1ccc(Nc2nc(Nc3ccc4c(c3)CC[C@@H](N3CCCC3)CC4)ncc2Cl)c(P(C)(C)=O)c1.Cc1ccc(S(=O)(=O)O)cc1. The van der Waals surface area contributed by atoms with E-state index in [1.54, 1.807) is 38.8 Å². The van der Waals surface area contributed by atoms with E-state index in [2.05, 4.69) is 43.7 Å². The molecule has 262 valence electrons. The number of anilines is 4. The van der Waals surface area contributed by atoms with Crippen LogP contribution in [0, 0.1) is 6.92 Å². The Bertz CT molecular complexity index is 1910. The number of halogens is 1. The first-order valence-electron chi connectivity index (χ1n) is 16.4. The largest absolute Gasteiger partial charge is 0.380 e. The molecule has 3 N–H and O–H groups in total. The molecule has 0 bridgehead atoms. The van der Waals surface area contributed by atoms with Gasteiger partial charge in [-0.05, 0) is 125 Å². The second-order valence-electron chi connectivity index (χ2n) is 13.0. The van der Waals surface area contributed by atoms with Gasteiger partial charge in [0.25, 0.3) is 10.1 Å². The first-order valence-corrected chi connectivity index (χ1v) is 20.9. The quantitative estimate of drug-likeness (QED) is 0.0900. The van der Waals surface area contributed by atoms with Crippen molar-refractivity contribution in [1.82, 2.24) is 14.9 Å². The number of hydrogen-bond donors (Lipinski definition) is 3. The monoisotopic (exact) mass is 725 g/mol. The van der Waals surface area contributed by atoms with E-state index in [-0.39, 0.29) is 4.90 Å². The van der Waals surface area contributed by atoms with Crippen LogP contribution in [0.2, 0.25) is 5.02 Å².